The number of rotatable bonds is 5. The number of aryl methyl sites for hydroxylation is 1. The Kier molecular flexibility index (Phi) is 4.11. The van der Waals surface area contributed by atoms with Crippen LogP contribution in [0.15, 0.2) is 22.7 Å². The van der Waals surface area contributed by atoms with Crippen molar-refractivity contribution in [3.8, 4) is 5.75 Å². The van der Waals surface area contributed by atoms with E-state index in [9.17, 15) is 4.39 Å². The predicted molar refractivity (Wildman–Crippen MR) is 67.2 cm³/mol. The first-order chi connectivity index (χ1) is 9.10. The molecule has 0 aliphatic rings. The van der Waals surface area contributed by atoms with Crippen LogP contribution < -0.4 is 10.1 Å². The van der Waals surface area contributed by atoms with Gasteiger partial charge in [-0.25, -0.2) is 4.39 Å². The second-order valence-electron chi connectivity index (χ2n) is 4.23. The molecule has 1 aromatic heterocycles. The van der Waals surface area contributed by atoms with E-state index < -0.39 is 0 Å². The van der Waals surface area contributed by atoms with Gasteiger partial charge in [0.25, 0.3) is 0 Å². The summed E-state index contributed by atoms with van der Waals surface area (Å²) in [5.74, 6) is 0.976. The Labute approximate surface area is 110 Å². The Morgan fingerprint density at radius 2 is 2.26 bits per heavy atom. The number of methoxy groups -OCH3 is 1. The van der Waals surface area contributed by atoms with Gasteiger partial charge in [0.1, 0.15) is 0 Å². The summed E-state index contributed by atoms with van der Waals surface area (Å²) in [4.78, 5) is 4.09. The molecule has 0 saturated carbocycles. The van der Waals surface area contributed by atoms with E-state index in [0.29, 0.717) is 18.3 Å². The summed E-state index contributed by atoms with van der Waals surface area (Å²) in [7, 11) is 1.44. The molecular weight excluding hydrogens is 249 g/mol. The minimum Gasteiger partial charge on any atom is -0.494 e. The van der Waals surface area contributed by atoms with Gasteiger partial charge in [0.15, 0.2) is 17.4 Å². The van der Waals surface area contributed by atoms with Gasteiger partial charge in [-0.1, -0.05) is 11.2 Å². The van der Waals surface area contributed by atoms with Crippen LogP contribution in [0.1, 0.15) is 30.2 Å². The van der Waals surface area contributed by atoms with Gasteiger partial charge in [-0.2, -0.15) is 4.98 Å². The van der Waals surface area contributed by atoms with Crippen molar-refractivity contribution in [2.45, 2.75) is 26.4 Å². The average Bonchev–Trinajstić information content (AvgIpc) is 2.81. The molecule has 6 heteroatoms. The number of nitrogens with zero attached hydrogens (tertiary/aromatic N) is 2. The van der Waals surface area contributed by atoms with Crippen LogP contribution in [0.4, 0.5) is 4.39 Å². The molecule has 0 saturated heterocycles. The molecule has 2 aromatic rings. The maximum Gasteiger partial charge on any atom is 0.240 e. The minimum atomic E-state index is -0.373. The molecule has 1 unspecified atom stereocenters. The quantitative estimate of drug-likeness (QED) is 0.899. The standard InChI is InChI=1S/C13H16FN3O2/c1-8(15-7-13-16-9(2)17-19-13)10-4-5-12(18-3)11(14)6-10/h4-6,8,15H,7H2,1-3H3. The Morgan fingerprint density at radius 3 is 2.84 bits per heavy atom. The third kappa shape index (κ3) is 3.29. The largest absolute Gasteiger partial charge is 0.494 e. The van der Waals surface area contributed by atoms with Crippen molar-refractivity contribution in [2.75, 3.05) is 7.11 Å². The maximum absolute atomic E-state index is 13.6. The molecule has 1 atom stereocenters. The van der Waals surface area contributed by atoms with Gasteiger partial charge >= 0.3 is 0 Å². The summed E-state index contributed by atoms with van der Waals surface area (Å²) in [6.45, 7) is 4.13. The van der Waals surface area contributed by atoms with E-state index >= 15 is 0 Å². The lowest BCUT2D eigenvalue weighted by Crippen LogP contribution is -2.18. The van der Waals surface area contributed by atoms with Crippen LogP contribution in [-0.4, -0.2) is 17.3 Å². The highest BCUT2D eigenvalue weighted by atomic mass is 19.1. The molecule has 0 aliphatic carbocycles. The third-order valence-corrected chi connectivity index (χ3v) is 2.80. The lowest BCUT2D eigenvalue weighted by atomic mass is 10.1. The fourth-order valence-corrected chi connectivity index (χ4v) is 1.72. The number of halogens is 1. The van der Waals surface area contributed by atoms with Gasteiger partial charge in [0, 0.05) is 6.04 Å². The zero-order chi connectivity index (χ0) is 13.8. The molecule has 0 bridgehead atoms. The molecule has 1 heterocycles. The topological polar surface area (TPSA) is 60.2 Å². The van der Waals surface area contributed by atoms with E-state index in [0.717, 1.165) is 5.56 Å². The van der Waals surface area contributed by atoms with E-state index in [2.05, 4.69) is 15.5 Å². The van der Waals surface area contributed by atoms with Crippen LogP contribution in [0.3, 0.4) is 0 Å². The zero-order valence-corrected chi connectivity index (χ0v) is 11.1. The van der Waals surface area contributed by atoms with Crippen molar-refractivity contribution in [2.24, 2.45) is 0 Å². The minimum absolute atomic E-state index is 0.0346. The molecule has 19 heavy (non-hydrogen) atoms. The molecular formula is C13H16FN3O2. The van der Waals surface area contributed by atoms with E-state index in [1.807, 2.05) is 13.0 Å². The van der Waals surface area contributed by atoms with Crippen molar-refractivity contribution in [1.29, 1.82) is 0 Å². The van der Waals surface area contributed by atoms with Crippen LogP contribution in [0, 0.1) is 12.7 Å². The number of benzene rings is 1. The first kappa shape index (κ1) is 13.5. The summed E-state index contributed by atoms with van der Waals surface area (Å²) in [6.07, 6.45) is 0. The molecule has 0 fully saturated rings. The fraction of sp³-hybridized carbons (Fsp3) is 0.385. The molecule has 0 radical (unpaired) electrons. The highest BCUT2D eigenvalue weighted by Gasteiger charge is 2.10. The summed E-state index contributed by atoms with van der Waals surface area (Å²) >= 11 is 0. The van der Waals surface area contributed by atoms with E-state index in [4.69, 9.17) is 9.26 Å². The molecule has 1 N–H and O–H groups in total. The molecule has 5 nitrogen and oxygen atoms in total. The van der Waals surface area contributed by atoms with Crippen molar-refractivity contribution < 1.29 is 13.7 Å². The smallest absolute Gasteiger partial charge is 0.240 e. The second kappa shape index (κ2) is 5.79. The van der Waals surface area contributed by atoms with Crippen molar-refractivity contribution in [1.82, 2.24) is 15.5 Å². The summed E-state index contributed by atoms with van der Waals surface area (Å²) in [5.41, 5.74) is 0.828. The van der Waals surface area contributed by atoms with E-state index in [-0.39, 0.29) is 17.6 Å². The van der Waals surface area contributed by atoms with E-state index in [1.165, 1.54) is 13.2 Å². The normalized spacial score (nSPS) is 12.4. The van der Waals surface area contributed by atoms with Crippen LogP contribution in [0.25, 0.3) is 0 Å². The molecule has 0 aliphatic heterocycles. The molecule has 0 amide bonds. The summed E-state index contributed by atoms with van der Waals surface area (Å²) in [6, 6.07) is 4.85. The SMILES string of the molecule is COc1ccc(C(C)NCc2nc(C)no2)cc1F. The summed E-state index contributed by atoms with van der Waals surface area (Å²) < 4.78 is 23.5. The Hall–Kier alpha value is -1.95. The Bertz CT molecular complexity index is 557. The van der Waals surface area contributed by atoms with Gasteiger partial charge < -0.3 is 14.6 Å². The number of nitrogens with one attached hydrogen (secondary N) is 1. The van der Waals surface area contributed by atoms with Gasteiger partial charge in [0.2, 0.25) is 5.89 Å². The van der Waals surface area contributed by atoms with Gasteiger partial charge in [-0.05, 0) is 31.5 Å². The number of hydrogen-bond donors (Lipinski definition) is 1. The van der Waals surface area contributed by atoms with Crippen LogP contribution >= 0.6 is 0 Å². The number of ether oxygens (including phenoxy) is 1. The van der Waals surface area contributed by atoms with Crippen LogP contribution in [0.5, 0.6) is 5.75 Å². The molecule has 1 aromatic carbocycles. The van der Waals surface area contributed by atoms with Gasteiger partial charge in [0.05, 0.1) is 13.7 Å². The average molecular weight is 265 g/mol. The highest BCUT2D eigenvalue weighted by molar-refractivity contribution is 5.30. The number of aromatic nitrogens is 2. The van der Waals surface area contributed by atoms with Gasteiger partial charge in [-0.3, -0.25) is 0 Å². The van der Waals surface area contributed by atoms with Crippen molar-refractivity contribution in [3.63, 3.8) is 0 Å². The Morgan fingerprint density at radius 1 is 1.47 bits per heavy atom. The zero-order valence-electron chi connectivity index (χ0n) is 11.1. The maximum atomic E-state index is 13.6. The fourth-order valence-electron chi connectivity index (χ4n) is 1.72. The molecule has 2 rings (SSSR count). The molecule has 0 spiro atoms. The van der Waals surface area contributed by atoms with Crippen molar-refractivity contribution >= 4 is 0 Å². The monoisotopic (exact) mass is 265 g/mol. The van der Waals surface area contributed by atoms with Gasteiger partial charge in [-0.15, -0.1) is 0 Å². The summed E-state index contributed by atoms with van der Waals surface area (Å²) in [5, 5.41) is 6.89. The van der Waals surface area contributed by atoms with Crippen LogP contribution in [-0.2, 0) is 6.54 Å². The first-order valence-electron chi connectivity index (χ1n) is 5.96. The van der Waals surface area contributed by atoms with Crippen molar-refractivity contribution in [3.05, 3.63) is 41.3 Å². The first-order valence-corrected chi connectivity index (χ1v) is 5.96. The lowest BCUT2D eigenvalue weighted by molar-refractivity contribution is 0.357. The van der Waals surface area contributed by atoms with Crippen LogP contribution in [0.2, 0.25) is 0 Å². The number of hydrogen-bond acceptors (Lipinski definition) is 5. The molecule has 102 valence electrons. The highest BCUT2D eigenvalue weighted by Crippen LogP contribution is 2.21. The van der Waals surface area contributed by atoms with E-state index in [1.54, 1.807) is 13.0 Å². The Balaban J connectivity index is 1.99. The predicted octanol–water partition coefficient (Wildman–Crippen LogP) is 2.38. The lowest BCUT2D eigenvalue weighted by Gasteiger charge is -2.13. The third-order valence-electron chi connectivity index (χ3n) is 2.80. The second-order valence-corrected chi connectivity index (χ2v) is 4.23.